The molecule has 0 aliphatic carbocycles. The van der Waals surface area contributed by atoms with Gasteiger partial charge in [0.15, 0.2) is 0 Å². The highest BCUT2D eigenvalue weighted by molar-refractivity contribution is 4.87. The van der Waals surface area contributed by atoms with E-state index >= 15 is 0 Å². The summed E-state index contributed by atoms with van der Waals surface area (Å²) < 4.78 is 0. The first-order chi connectivity index (χ1) is 3.21. The van der Waals surface area contributed by atoms with E-state index in [1.807, 2.05) is 0 Å². The van der Waals surface area contributed by atoms with Gasteiger partial charge in [-0.25, -0.2) is 0 Å². The Kier molecular flexibility index (Phi) is 1.05. The van der Waals surface area contributed by atoms with Gasteiger partial charge in [-0.2, -0.15) is 0 Å². The molecule has 1 saturated heterocycles. The van der Waals surface area contributed by atoms with Gasteiger partial charge in [-0.3, -0.25) is 0 Å². The molecule has 0 aromatic heterocycles. The first-order valence-electron chi connectivity index (χ1n) is 2.70. The van der Waals surface area contributed by atoms with Gasteiger partial charge in [-0.15, -0.1) is 0 Å². The molecule has 3 N–H and O–H groups in total. The summed E-state index contributed by atoms with van der Waals surface area (Å²) in [5.74, 6) is 0. The van der Waals surface area contributed by atoms with Gasteiger partial charge < -0.3 is 11.1 Å². The van der Waals surface area contributed by atoms with Gasteiger partial charge in [-0.05, 0) is 19.9 Å². The van der Waals surface area contributed by atoms with Crippen LogP contribution < -0.4 is 11.1 Å². The molecule has 0 radical (unpaired) electrons. The lowest BCUT2D eigenvalue weighted by Crippen LogP contribution is -2.37. The maximum absolute atomic E-state index is 5.72. The summed E-state index contributed by atoms with van der Waals surface area (Å²) in [7, 11) is 0. The van der Waals surface area contributed by atoms with E-state index in [4.69, 9.17) is 5.73 Å². The van der Waals surface area contributed by atoms with E-state index in [0.29, 0.717) is 0 Å². The van der Waals surface area contributed by atoms with Crippen molar-refractivity contribution in [1.29, 1.82) is 0 Å². The van der Waals surface area contributed by atoms with Crippen LogP contribution in [-0.4, -0.2) is 18.6 Å². The van der Waals surface area contributed by atoms with Crippen LogP contribution in [0.3, 0.4) is 0 Å². The molecule has 2 heteroatoms. The SMILES string of the molecule is C[C@@]1(N)CCNC1. The fourth-order valence-electron chi connectivity index (χ4n) is 0.836. The summed E-state index contributed by atoms with van der Waals surface area (Å²) in [5, 5.41) is 3.19. The highest BCUT2D eigenvalue weighted by atomic mass is 15.0. The van der Waals surface area contributed by atoms with Crippen LogP contribution >= 0.6 is 0 Å². The number of nitrogens with one attached hydrogen (secondary N) is 1. The maximum atomic E-state index is 5.72. The molecule has 2 nitrogen and oxygen atoms in total. The molecule has 0 saturated carbocycles. The Labute approximate surface area is 44.1 Å². The molecule has 1 aliphatic rings. The summed E-state index contributed by atoms with van der Waals surface area (Å²) >= 11 is 0. The van der Waals surface area contributed by atoms with Crippen LogP contribution in [0.5, 0.6) is 0 Å². The topological polar surface area (TPSA) is 38.0 Å². The van der Waals surface area contributed by atoms with Crippen LogP contribution in [0.25, 0.3) is 0 Å². The number of hydrogen-bond acceptors (Lipinski definition) is 2. The minimum atomic E-state index is 0.0833. The van der Waals surface area contributed by atoms with E-state index in [1.54, 1.807) is 0 Å². The van der Waals surface area contributed by atoms with Crippen LogP contribution in [0, 0.1) is 0 Å². The monoisotopic (exact) mass is 100 g/mol. The average Bonchev–Trinajstić information content (AvgIpc) is 1.84. The zero-order valence-corrected chi connectivity index (χ0v) is 4.70. The van der Waals surface area contributed by atoms with Gasteiger partial charge in [0.05, 0.1) is 0 Å². The molecule has 0 unspecified atom stereocenters. The minimum Gasteiger partial charge on any atom is -0.324 e. The third-order valence-corrected chi connectivity index (χ3v) is 1.40. The Balaban J connectivity index is 2.40. The van der Waals surface area contributed by atoms with Gasteiger partial charge in [0.1, 0.15) is 0 Å². The summed E-state index contributed by atoms with van der Waals surface area (Å²) in [5.41, 5.74) is 5.80. The predicted octanol–water partition coefficient (Wildman–Crippen LogP) is -0.303. The molecular weight excluding hydrogens is 88.1 g/mol. The molecule has 1 heterocycles. The highest BCUT2D eigenvalue weighted by Crippen LogP contribution is 2.07. The van der Waals surface area contributed by atoms with Crippen molar-refractivity contribution in [2.45, 2.75) is 18.9 Å². The molecule has 1 atom stereocenters. The fourth-order valence-corrected chi connectivity index (χ4v) is 0.836. The van der Waals surface area contributed by atoms with E-state index in [2.05, 4.69) is 12.2 Å². The molecule has 0 spiro atoms. The second-order valence-electron chi connectivity index (χ2n) is 2.58. The Morgan fingerprint density at radius 3 is 2.57 bits per heavy atom. The Bertz CT molecular complexity index is 60.5. The molecule has 42 valence electrons. The van der Waals surface area contributed by atoms with E-state index in [9.17, 15) is 0 Å². The molecule has 1 aliphatic heterocycles. The lowest BCUT2D eigenvalue weighted by molar-refractivity contribution is 0.519. The van der Waals surface area contributed by atoms with Crippen LogP contribution in [0.15, 0.2) is 0 Å². The molecule has 0 aromatic carbocycles. The molecule has 1 fully saturated rings. The normalized spacial score (nSPS) is 42.0. The largest absolute Gasteiger partial charge is 0.324 e. The quantitative estimate of drug-likeness (QED) is 0.438. The Morgan fingerprint density at radius 2 is 2.43 bits per heavy atom. The van der Waals surface area contributed by atoms with Gasteiger partial charge in [0.2, 0.25) is 0 Å². The highest BCUT2D eigenvalue weighted by Gasteiger charge is 2.22. The zero-order chi connectivity index (χ0) is 5.33. The summed E-state index contributed by atoms with van der Waals surface area (Å²) in [4.78, 5) is 0. The van der Waals surface area contributed by atoms with Gasteiger partial charge in [0.25, 0.3) is 0 Å². The van der Waals surface area contributed by atoms with Gasteiger partial charge in [-0.1, -0.05) is 0 Å². The van der Waals surface area contributed by atoms with Crippen molar-refractivity contribution in [2.75, 3.05) is 13.1 Å². The minimum absolute atomic E-state index is 0.0833. The number of rotatable bonds is 0. The van der Waals surface area contributed by atoms with Crippen LogP contribution in [0.1, 0.15) is 13.3 Å². The number of nitrogens with two attached hydrogens (primary N) is 1. The van der Waals surface area contributed by atoms with Crippen molar-refractivity contribution < 1.29 is 0 Å². The number of hydrogen-bond donors (Lipinski definition) is 2. The van der Waals surface area contributed by atoms with Gasteiger partial charge in [0, 0.05) is 12.1 Å². The third kappa shape index (κ3) is 1.14. The predicted molar refractivity (Wildman–Crippen MR) is 30.1 cm³/mol. The van der Waals surface area contributed by atoms with Crippen molar-refractivity contribution in [3.05, 3.63) is 0 Å². The first kappa shape index (κ1) is 5.06. The third-order valence-electron chi connectivity index (χ3n) is 1.40. The van der Waals surface area contributed by atoms with Crippen molar-refractivity contribution in [2.24, 2.45) is 5.73 Å². The van der Waals surface area contributed by atoms with Crippen molar-refractivity contribution in [3.63, 3.8) is 0 Å². The molecule has 0 aromatic rings. The van der Waals surface area contributed by atoms with Crippen molar-refractivity contribution in [3.8, 4) is 0 Å². The lowest BCUT2D eigenvalue weighted by atomic mass is 10.0. The van der Waals surface area contributed by atoms with E-state index < -0.39 is 0 Å². The van der Waals surface area contributed by atoms with Crippen LogP contribution in [0.4, 0.5) is 0 Å². The summed E-state index contributed by atoms with van der Waals surface area (Å²) in [6.07, 6.45) is 1.12. The van der Waals surface area contributed by atoms with Crippen LogP contribution in [0.2, 0.25) is 0 Å². The molecular formula is C5H12N2. The van der Waals surface area contributed by atoms with Gasteiger partial charge >= 0.3 is 0 Å². The molecule has 7 heavy (non-hydrogen) atoms. The zero-order valence-electron chi connectivity index (χ0n) is 4.70. The van der Waals surface area contributed by atoms with Crippen LogP contribution in [-0.2, 0) is 0 Å². The first-order valence-corrected chi connectivity index (χ1v) is 2.70. The average molecular weight is 100 g/mol. The summed E-state index contributed by atoms with van der Waals surface area (Å²) in [6, 6.07) is 0. The maximum Gasteiger partial charge on any atom is 0.0264 e. The summed E-state index contributed by atoms with van der Waals surface area (Å²) in [6.45, 7) is 4.15. The molecule has 0 amide bonds. The standard InChI is InChI=1S/C5H12N2/c1-5(6)2-3-7-4-5/h7H,2-4,6H2,1H3/t5-/m1/s1. The second-order valence-corrected chi connectivity index (χ2v) is 2.58. The van der Waals surface area contributed by atoms with E-state index in [-0.39, 0.29) is 5.54 Å². The fraction of sp³-hybridized carbons (Fsp3) is 1.00. The second kappa shape index (κ2) is 1.46. The Hall–Kier alpha value is -0.0800. The Morgan fingerprint density at radius 1 is 1.71 bits per heavy atom. The molecule has 0 bridgehead atoms. The van der Waals surface area contributed by atoms with Crippen molar-refractivity contribution in [1.82, 2.24) is 5.32 Å². The van der Waals surface area contributed by atoms with E-state index in [1.165, 1.54) is 0 Å². The lowest BCUT2D eigenvalue weighted by Gasteiger charge is -2.13. The smallest absolute Gasteiger partial charge is 0.0264 e. The van der Waals surface area contributed by atoms with E-state index in [0.717, 1.165) is 19.5 Å². The van der Waals surface area contributed by atoms with Crippen molar-refractivity contribution >= 4 is 0 Å². The molecule has 1 rings (SSSR count).